The molecular formula is C13H20O3. The molecule has 2 saturated carbocycles. The molecule has 0 amide bonds. The highest BCUT2D eigenvalue weighted by Crippen LogP contribution is 2.61. The van der Waals surface area contributed by atoms with Crippen LogP contribution in [0.4, 0.5) is 0 Å². The molecule has 3 nitrogen and oxygen atoms in total. The molecule has 1 spiro atoms. The van der Waals surface area contributed by atoms with Gasteiger partial charge < -0.3 is 9.47 Å². The first-order chi connectivity index (χ1) is 7.59. The quantitative estimate of drug-likeness (QED) is 0.632. The maximum absolute atomic E-state index is 11.8. The minimum Gasteiger partial charge on any atom is -0.347 e. The third-order valence-electron chi connectivity index (χ3n) is 5.23. The monoisotopic (exact) mass is 224 g/mol. The Morgan fingerprint density at radius 2 is 1.94 bits per heavy atom. The molecule has 1 saturated heterocycles. The van der Waals surface area contributed by atoms with Crippen molar-refractivity contribution in [3.63, 3.8) is 0 Å². The van der Waals surface area contributed by atoms with Crippen LogP contribution < -0.4 is 0 Å². The summed E-state index contributed by atoms with van der Waals surface area (Å²) in [7, 11) is 0. The van der Waals surface area contributed by atoms with Crippen LogP contribution in [-0.2, 0) is 14.3 Å². The van der Waals surface area contributed by atoms with Crippen LogP contribution in [0.5, 0.6) is 0 Å². The van der Waals surface area contributed by atoms with E-state index in [4.69, 9.17) is 9.47 Å². The minimum atomic E-state index is -0.368. The van der Waals surface area contributed by atoms with Crippen molar-refractivity contribution in [1.29, 1.82) is 0 Å². The van der Waals surface area contributed by atoms with Crippen molar-refractivity contribution in [2.24, 2.45) is 17.3 Å². The Hall–Kier alpha value is -0.410. The second kappa shape index (κ2) is 3.30. The van der Waals surface area contributed by atoms with Gasteiger partial charge in [-0.15, -0.1) is 0 Å². The first-order valence-corrected chi connectivity index (χ1v) is 6.40. The summed E-state index contributed by atoms with van der Waals surface area (Å²) < 4.78 is 11.8. The predicted octanol–water partition coefficient (Wildman–Crippen LogP) is 2.14. The van der Waals surface area contributed by atoms with Crippen LogP contribution in [0, 0.1) is 17.3 Å². The largest absolute Gasteiger partial charge is 0.347 e. The lowest BCUT2D eigenvalue weighted by molar-refractivity contribution is -0.233. The van der Waals surface area contributed by atoms with E-state index in [1.165, 1.54) is 0 Å². The third-order valence-corrected chi connectivity index (χ3v) is 5.23. The number of rotatable bonds is 0. The Balaban J connectivity index is 1.96. The van der Waals surface area contributed by atoms with E-state index in [2.05, 4.69) is 13.8 Å². The number of carbonyl (C=O) groups is 1. The summed E-state index contributed by atoms with van der Waals surface area (Å²) in [6.45, 7) is 5.77. The molecule has 0 aromatic rings. The van der Waals surface area contributed by atoms with E-state index in [0.29, 0.717) is 31.3 Å². The van der Waals surface area contributed by atoms with Crippen molar-refractivity contribution in [3.8, 4) is 0 Å². The van der Waals surface area contributed by atoms with Gasteiger partial charge >= 0.3 is 0 Å². The molecule has 0 aromatic carbocycles. The molecule has 3 heteroatoms. The van der Waals surface area contributed by atoms with Crippen molar-refractivity contribution in [2.45, 2.75) is 45.3 Å². The maximum atomic E-state index is 11.8. The molecule has 2 aliphatic carbocycles. The van der Waals surface area contributed by atoms with Gasteiger partial charge in [-0.3, -0.25) is 4.79 Å². The van der Waals surface area contributed by atoms with Gasteiger partial charge in [-0.25, -0.2) is 0 Å². The van der Waals surface area contributed by atoms with Gasteiger partial charge in [-0.05, 0) is 18.8 Å². The van der Waals surface area contributed by atoms with Gasteiger partial charge in [-0.2, -0.15) is 0 Å². The zero-order chi connectivity index (χ0) is 11.4. The number of fused-ring (bicyclic) bond motifs is 2. The summed E-state index contributed by atoms with van der Waals surface area (Å²) >= 11 is 0. The van der Waals surface area contributed by atoms with Gasteiger partial charge in [0.05, 0.1) is 13.2 Å². The number of carbonyl (C=O) groups excluding carboxylic acids is 1. The van der Waals surface area contributed by atoms with Gasteiger partial charge in [0.15, 0.2) is 5.79 Å². The number of hydrogen-bond acceptors (Lipinski definition) is 3. The Morgan fingerprint density at radius 3 is 2.62 bits per heavy atom. The average Bonchev–Trinajstić information content (AvgIpc) is 2.84. The number of ether oxygens (including phenoxy) is 2. The van der Waals surface area contributed by atoms with Crippen LogP contribution >= 0.6 is 0 Å². The number of Topliss-reactive ketones (excluding diaryl/α,β-unsaturated/α-hetero) is 1. The molecular weight excluding hydrogens is 204 g/mol. The standard InChI is InChI=1S/C13H20O3/c1-9-10-3-6-13(15-7-8-16-13)12(10,2)5-4-11(9)14/h9-10H,3-8H2,1-2H3/t9-,10+,12-/m1/s1. The Labute approximate surface area is 96.5 Å². The van der Waals surface area contributed by atoms with E-state index in [1.807, 2.05) is 0 Å². The highest BCUT2D eigenvalue weighted by Gasteiger charge is 2.63. The topological polar surface area (TPSA) is 35.5 Å². The van der Waals surface area contributed by atoms with Crippen LogP contribution in [-0.4, -0.2) is 24.8 Å². The molecule has 3 atom stereocenters. The summed E-state index contributed by atoms with van der Waals surface area (Å²) in [4.78, 5) is 11.8. The molecule has 0 radical (unpaired) electrons. The minimum absolute atomic E-state index is 0.0524. The van der Waals surface area contributed by atoms with Gasteiger partial charge in [-0.1, -0.05) is 13.8 Å². The molecule has 3 fully saturated rings. The molecule has 0 aromatic heterocycles. The summed E-state index contributed by atoms with van der Waals surface area (Å²) in [6.07, 6.45) is 3.67. The van der Waals surface area contributed by atoms with Crippen molar-refractivity contribution in [2.75, 3.05) is 13.2 Å². The van der Waals surface area contributed by atoms with E-state index < -0.39 is 0 Å². The fourth-order valence-electron chi connectivity index (χ4n) is 4.17. The summed E-state index contributed by atoms with van der Waals surface area (Å²) in [5.41, 5.74) is 0.0524. The average molecular weight is 224 g/mol. The van der Waals surface area contributed by atoms with Gasteiger partial charge in [0.25, 0.3) is 0 Å². The molecule has 16 heavy (non-hydrogen) atoms. The second-order valence-electron chi connectivity index (χ2n) is 5.77. The van der Waals surface area contributed by atoms with Crippen LogP contribution in [0.25, 0.3) is 0 Å². The highest BCUT2D eigenvalue weighted by molar-refractivity contribution is 5.82. The van der Waals surface area contributed by atoms with E-state index in [0.717, 1.165) is 19.3 Å². The SMILES string of the molecule is C[C@H]1C(=O)CC[C@]2(C)[C@H]1CCC21OCCO1. The molecule has 0 unspecified atom stereocenters. The first kappa shape index (κ1) is 10.7. The lowest BCUT2D eigenvalue weighted by atomic mass is 9.62. The van der Waals surface area contributed by atoms with Crippen molar-refractivity contribution >= 4 is 5.78 Å². The molecule has 1 heterocycles. The normalized spacial score (nSPS) is 46.2. The lowest BCUT2D eigenvalue weighted by Gasteiger charge is -2.46. The summed E-state index contributed by atoms with van der Waals surface area (Å²) in [6, 6.07) is 0. The van der Waals surface area contributed by atoms with Crippen molar-refractivity contribution in [1.82, 2.24) is 0 Å². The number of ketones is 1. The predicted molar refractivity (Wildman–Crippen MR) is 58.9 cm³/mol. The molecule has 0 N–H and O–H groups in total. The first-order valence-electron chi connectivity index (χ1n) is 6.40. The van der Waals surface area contributed by atoms with Gasteiger partial charge in [0, 0.05) is 24.2 Å². The molecule has 90 valence electrons. The molecule has 3 rings (SSSR count). The van der Waals surface area contributed by atoms with Crippen LogP contribution in [0.2, 0.25) is 0 Å². The Kier molecular flexibility index (Phi) is 2.21. The van der Waals surface area contributed by atoms with Crippen LogP contribution in [0.1, 0.15) is 39.5 Å². The van der Waals surface area contributed by atoms with Crippen LogP contribution in [0.3, 0.4) is 0 Å². The van der Waals surface area contributed by atoms with E-state index in [-0.39, 0.29) is 17.1 Å². The zero-order valence-electron chi connectivity index (χ0n) is 10.1. The number of hydrogen-bond donors (Lipinski definition) is 0. The summed E-state index contributed by atoms with van der Waals surface area (Å²) in [5, 5.41) is 0. The third kappa shape index (κ3) is 1.13. The Bertz CT molecular complexity index is 319. The lowest BCUT2D eigenvalue weighted by Crippen LogP contribution is -2.50. The Morgan fingerprint density at radius 1 is 1.25 bits per heavy atom. The summed E-state index contributed by atoms with van der Waals surface area (Å²) in [5.74, 6) is 0.697. The molecule has 0 bridgehead atoms. The van der Waals surface area contributed by atoms with Gasteiger partial charge in [0.2, 0.25) is 0 Å². The van der Waals surface area contributed by atoms with Crippen LogP contribution in [0.15, 0.2) is 0 Å². The smallest absolute Gasteiger partial charge is 0.174 e. The fraction of sp³-hybridized carbons (Fsp3) is 0.923. The van der Waals surface area contributed by atoms with E-state index in [9.17, 15) is 4.79 Å². The second-order valence-corrected chi connectivity index (χ2v) is 5.77. The molecule has 3 aliphatic rings. The van der Waals surface area contributed by atoms with Crippen molar-refractivity contribution in [3.05, 3.63) is 0 Å². The van der Waals surface area contributed by atoms with E-state index in [1.54, 1.807) is 0 Å². The fourth-order valence-corrected chi connectivity index (χ4v) is 4.17. The van der Waals surface area contributed by atoms with E-state index >= 15 is 0 Å². The highest BCUT2D eigenvalue weighted by atomic mass is 16.7. The zero-order valence-corrected chi connectivity index (χ0v) is 10.1. The van der Waals surface area contributed by atoms with Crippen molar-refractivity contribution < 1.29 is 14.3 Å². The molecule has 1 aliphatic heterocycles. The maximum Gasteiger partial charge on any atom is 0.174 e. The van der Waals surface area contributed by atoms with Gasteiger partial charge in [0.1, 0.15) is 5.78 Å².